The largest absolute Gasteiger partial charge is 0.378 e. The van der Waals surface area contributed by atoms with Crippen LogP contribution in [0.2, 0.25) is 0 Å². The van der Waals surface area contributed by atoms with Crippen LogP contribution in [0.4, 0.5) is 5.69 Å². The van der Waals surface area contributed by atoms with Crippen LogP contribution in [0.1, 0.15) is 28.2 Å². The minimum atomic E-state index is -0.362. The first kappa shape index (κ1) is 19.1. The van der Waals surface area contributed by atoms with Gasteiger partial charge in [0.15, 0.2) is 0 Å². The molecular formula is C20H30N4O. The summed E-state index contributed by atoms with van der Waals surface area (Å²) < 4.78 is 2.22. The third-order valence-electron chi connectivity index (χ3n) is 4.69. The van der Waals surface area contributed by atoms with Crippen molar-refractivity contribution in [1.82, 2.24) is 9.47 Å². The highest BCUT2D eigenvalue weighted by atomic mass is 16.1. The van der Waals surface area contributed by atoms with Crippen molar-refractivity contribution in [2.45, 2.75) is 26.8 Å². The number of carbonyl (C=O) groups is 1. The summed E-state index contributed by atoms with van der Waals surface area (Å²) >= 11 is 0. The lowest BCUT2D eigenvalue weighted by atomic mass is 10.00. The minimum absolute atomic E-state index is 0.362. The normalized spacial score (nSPS) is 11.2. The highest BCUT2D eigenvalue weighted by molar-refractivity contribution is 6.02. The maximum Gasteiger partial charge on any atom is 0.251 e. The molecule has 0 fully saturated rings. The van der Waals surface area contributed by atoms with Crippen molar-refractivity contribution < 1.29 is 4.79 Å². The monoisotopic (exact) mass is 342 g/mol. The summed E-state index contributed by atoms with van der Waals surface area (Å²) in [6.07, 6.45) is 1.03. The second kappa shape index (κ2) is 7.74. The van der Waals surface area contributed by atoms with Gasteiger partial charge in [0.25, 0.3) is 5.91 Å². The van der Waals surface area contributed by atoms with E-state index < -0.39 is 0 Å². The standard InChI is InChI=1S/C20H30N4O/c1-14-18(16-8-10-17(11-9-16)23(5)6)19(20(21)25)15(2)24(14)13-7-12-22(3)4/h8-11H,7,12-13H2,1-6H3,(H2,21,25). The van der Waals surface area contributed by atoms with Crippen molar-refractivity contribution in [3.8, 4) is 11.1 Å². The third-order valence-corrected chi connectivity index (χ3v) is 4.69. The number of primary amides is 1. The molecule has 0 saturated heterocycles. The summed E-state index contributed by atoms with van der Waals surface area (Å²) in [6.45, 7) is 5.95. The fourth-order valence-electron chi connectivity index (χ4n) is 3.34. The van der Waals surface area contributed by atoms with Gasteiger partial charge >= 0.3 is 0 Å². The van der Waals surface area contributed by atoms with Crippen LogP contribution in [0.3, 0.4) is 0 Å². The Kier molecular flexibility index (Phi) is 5.90. The average Bonchev–Trinajstić information content (AvgIpc) is 2.79. The van der Waals surface area contributed by atoms with E-state index in [0.29, 0.717) is 5.56 Å². The number of nitrogens with zero attached hydrogens (tertiary/aromatic N) is 3. The van der Waals surface area contributed by atoms with Gasteiger partial charge in [0, 0.05) is 43.3 Å². The Hall–Kier alpha value is -2.27. The molecule has 0 spiro atoms. The lowest BCUT2D eigenvalue weighted by Gasteiger charge is -2.14. The second-order valence-corrected chi connectivity index (χ2v) is 7.03. The van der Waals surface area contributed by atoms with Gasteiger partial charge in [0.2, 0.25) is 0 Å². The van der Waals surface area contributed by atoms with Gasteiger partial charge < -0.3 is 20.1 Å². The lowest BCUT2D eigenvalue weighted by Crippen LogP contribution is -2.16. The number of aromatic nitrogens is 1. The van der Waals surface area contributed by atoms with Gasteiger partial charge in [-0.1, -0.05) is 12.1 Å². The molecule has 0 bridgehead atoms. The molecule has 2 N–H and O–H groups in total. The van der Waals surface area contributed by atoms with Gasteiger partial charge in [0.05, 0.1) is 5.56 Å². The van der Waals surface area contributed by atoms with Crippen molar-refractivity contribution in [3.05, 3.63) is 41.2 Å². The van der Waals surface area contributed by atoms with Crippen molar-refractivity contribution in [3.63, 3.8) is 0 Å². The number of hydrogen-bond donors (Lipinski definition) is 1. The number of benzene rings is 1. The number of rotatable bonds is 7. The van der Waals surface area contributed by atoms with Gasteiger partial charge in [-0.2, -0.15) is 0 Å². The predicted octanol–water partition coefficient (Wildman–Crippen LogP) is 2.89. The topological polar surface area (TPSA) is 54.5 Å². The molecule has 5 nitrogen and oxygen atoms in total. The first-order valence-electron chi connectivity index (χ1n) is 8.66. The molecule has 25 heavy (non-hydrogen) atoms. The highest BCUT2D eigenvalue weighted by Gasteiger charge is 2.22. The van der Waals surface area contributed by atoms with E-state index in [-0.39, 0.29) is 5.91 Å². The molecule has 0 aliphatic rings. The van der Waals surface area contributed by atoms with Crippen LogP contribution < -0.4 is 10.6 Å². The average molecular weight is 342 g/mol. The Labute approximate surface area is 151 Å². The van der Waals surface area contributed by atoms with Gasteiger partial charge in [-0.05, 0) is 58.6 Å². The van der Waals surface area contributed by atoms with Crippen molar-refractivity contribution in [1.29, 1.82) is 0 Å². The molecule has 0 unspecified atom stereocenters. The zero-order valence-corrected chi connectivity index (χ0v) is 16.3. The Morgan fingerprint density at radius 3 is 2.12 bits per heavy atom. The maximum atomic E-state index is 12.1. The number of anilines is 1. The van der Waals surface area contributed by atoms with E-state index in [1.54, 1.807) is 0 Å². The second-order valence-electron chi connectivity index (χ2n) is 7.03. The summed E-state index contributed by atoms with van der Waals surface area (Å²) in [5, 5.41) is 0. The Morgan fingerprint density at radius 1 is 1.04 bits per heavy atom. The molecule has 2 aromatic rings. The number of nitrogens with two attached hydrogens (primary N) is 1. The number of amides is 1. The molecule has 1 aromatic heterocycles. The van der Waals surface area contributed by atoms with Crippen LogP contribution in [0.5, 0.6) is 0 Å². The quantitative estimate of drug-likeness (QED) is 0.842. The van der Waals surface area contributed by atoms with E-state index in [2.05, 4.69) is 59.7 Å². The molecule has 1 heterocycles. The van der Waals surface area contributed by atoms with E-state index in [1.807, 2.05) is 21.0 Å². The van der Waals surface area contributed by atoms with Crippen molar-refractivity contribution >= 4 is 11.6 Å². The first-order chi connectivity index (χ1) is 11.7. The summed E-state index contributed by atoms with van der Waals surface area (Å²) in [6, 6.07) is 8.26. The molecule has 0 saturated carbocycles. The summed E-state index contributed by atoms with van der Waals surface area (Å²) in [5.41, 5.74) is 11.5. The molecule has 136 valence electrons. The van der Waals surface area contributed by atoms with Crippen LogP contribution in [0.25, 0.3) is 11.1 Å². The van der Waals surface area contributed by atoms with Crippen LogP contribution in [0.15, 0.2) is 24.3 Å². The molecule has 1 aromatic carbocycles. The molecule has 0 atom stereocenters. The number of carbonyl (C=O) groups excluding carboxylic acids is 1. The van der Waals surface area contributed by atoms with E-state index in [0.717, 1.165) is 47.7 Å². The minimum Gasteiger partial charge on any atom is -0.378 e. The summed E-state index contributed by atoms with van der Waals surface area (Å²) in [4.78, 5) is 16.4. The van der Waals surface area contributed by atoms with Crippen LogP contribution in [-0.4, -0.2) is 50.1 Å². The molecule has 0 aliphatic carbocycles. The van der Waals surface area contributed by atoms with Crippen LogP contribution >= 0.6 is 0 Å². The highest BCUT2D eigenvalue weighted by Crippen LogP contribution is 2.33. The molecule has 1 amide bonds. The Bertz CT molecular complexity index is 742. The van der Waals surface area contributed by atoms with Gasteiger partial charge in [-0.15, -0.1) is 0 Å². The lowest BCUT2D eigenvalue weighted by molar-refractivity contribution is 0.1000. The van der Waals surface area contributed by atoms with E-state index >= 15 is 0 Å². The van der Waals surface area contributed by atoms with E-state index in [1.165, 1.54) is 0 Å². The smallest absolute Gasteiger partial charge is 0.251 e. The summed E-state index contributed by atoms with van der Waals surface area (Å²) in [5.74, 6) is -0.362. The maximum absolute atomic E-state index is 12.1. The zero-order chi connectivity index (χ0) is 18.7. The fraction of sp³-hybridized carbons (Fsp3) is 0.450. The van der Waals surface area contributed by atoms with E-state index in [9.17, 15) is 4.79 Å². The summed E-state index contributed by atoms with van der Waals surface area (Å²) in [7, 11) is 8.17. The Balaban J connectivity index is 2.47. The van der Waals surface area contributed by atoms with E-state index in [4.69, 9.17) is 5.73 Å². The first-order valence-corrected chi connectivity index (χ1v) is 8.66. The molecule has 2 rings (SSSR count). The Morgan fingerprint density at radius 2 is 1.64 bits per heavy atom. The van der Waals surface area contributed by atoms with Crippen molar-refractivity contribution in [2.24, 2.45) is 5.73 Å². The van der Waals surface area contributed by atoms with Gasteiger partial charge in [0.1, 0.15) is 0 Å². The fourth-order valence-corrected chi connectivity index (χ4v) is 3.34. The van der Waals surface area contributed by atoms with Gasteiger partial charge in [-0.25, -0.2) is 0 Å². The van der Waals surface area contributed by atoms with Crippen molar-refractivity contribution in [2.75, 3.05) is 39.6 Å². The zero-order valence-electron chi connectivity index (χ0n) is 16.3. The van der Waals surface area contributed by atoms with Crippen LogP contribution in [0, 0.1) is 13.8 Å². The number of hydrogen-bond acceptors (Lipinski definition) is 3. The van der Waals surface area contributed by atoms with Crippen LogP contribution in [-0.2, 0) is 6.54 Å². The molecule has 5 heteroatoms. The van der Waals surface area contributed by atoms with Gasteiger partial charge in [-0.3, -0.25) is 4.79 Å². The third kappa shape index (κ3) is 4.04. The predicted molar refractivity (Wildman–Crippen MR) is 105 cm³/mol. The molecule has 0 radical (unpaired) electrons. The SMILES string of the molecule is Cc1c(C(N)=O)c(-c2ccc(N(C)C)cc2)c(C)n1CCCN(C)C. The molecular weight excluding hydrogens is 312 g/mol. The molecule has 0 aliphatic heterocycles.